The maximum absolute atomic E-state index is 11.3. The molecule has 1 aliphatic heterocycles. The minimum absolute atomic E-state index is 0.0113. The zero-order chi connectivity index (χ0) is 10.6. The number of hydrogen-bond donors (Lipinski definition) is 1. The zero-order valence-electron chi connectivity index (χ0n) is 8.89. The number of H-pyrrole nitrogens is 1. The number of hydrogen-bond acceptors (Lipinski definition) is 3. The molecule has 0 fully saturated rings. The lowest BCUT2D eigenvalue weighted by molar-refractivity contribution is 0.802. The number of fused-ring (bicyclic) bond motifs is 1. The van der Waals surface area contributed by atoms with Gasteiger partial charge in [0, 0.05) is 10.5 Å². The van der Waals surface area contributed by atoms with Crippen LogP contribution in [-0.2, 0) is 6.42 Å². The summed E-state index contributed by atoms with van der Waals surface area (Å²) in [7, 11) is 0. The number of rotatable bonds is 0. The molecule has 14 heavy (non-hydrogen) atoms. The number of nitrogens with zero attached hydrogens (tertiary/aromatic N) is 1. The van der Waals surface area contributed by atoms with Crippen molar-refractivity contribution in [2.75, 3.05) is 5.75 Å². The van der Waals surface area contributed by atoms with Crippen molar-refractivity contribution in [2.24, 2.45) is 0 Å². The number of aryl methyl sites for hydroxylation is 1. The van der Waals surface area contributed by atoms with Crippen molar-refractivity contribution in [3.8, 4) is 0 Å². The van der Waals surface area contributed by atoms with Crippen molar-refractivity contribution in [1.29, 1.82) is 0 Å². The fraction of sp³-hybridized carbons (Fsp3) is 0.600. The molecule has 0 bridgehead atoms. The topological polar surface area (TPSA) is 45.8 Å². The number of nitrogens with one attached hydrogen (secondary N) is 1. The average molecular weight is 212 g/mol. The molecule has 2 rings (SSSR count). The quantitative estimate of drug-likeness (QED) is 0.716. The van der Waals surface area contributed by atoms with Crippen LogP contribution in [0.1, 0.15) is 31.5 Å². The number of aromatic amines is 1. The summed E-state index contributed by atoms with van der Waals surface area (Å²) >= 11 is 1.75. The van der Waals surface area contributed by atoms with Gasteiger partial charge in [-0.05, 0) is 25.5 Å². The van der Waals surface area contributed by atoms with Crippen LogP contribution in [0.3, 0.4) is 0 Å². The molecule has 0 amide bonds. The highest BCUT2D eigenvalue weighted by Gasteiger charge is 2.15. The van der Waals surface area contributed by atoms with Crippen LogP contribution in [0.25, 0.3) is 0 Å². The van der Waals surface area contributed by atoms with E-state index in [4.69, 9.17) is 0 Å². The van der Waals surface area contributed by atoms with Crippen LogP contribution in [0.4, 0.5) is 0 Å². The van der Waals surface area contributed by atoms with Crippen molar-refractivity contribution in [2.45, 2.75) is 38.5 Å². The van der Waals surface area contributed by atoms with E-state index in [1.54, 1.807) is 11.8 Å². The van der Waals surface area contributed by atoms with E-state index in [1.807, 2.05) is 20.8 Å². The Hall–Kier alpha value is -0.770. The average Bonchev–Trinajstić information content (AvgIpc) is 2.27. The van der Waals surface area contributed by atoms with Gasteiger partial charge in [0.2, 0.25) is 0 Å². The predicted octanol–water partition coefficient (Wildman–Crippen LogP) is 2.14. The van der Waals surface area contributed by atoms with Gasteiger partial charge < -0.3 is 0 Å². The van der Waals surface area contributed by atoms with Crippen molar-refractivity contribution in [3.63, 3.8) is 0 Å². The van der Waals surface area contributed by atoms with Gasteiger partial charge in [0.1, 0.15) is 0 Å². The summed E-state index contributed by atoms with van der Waals surface area (Å²) in [6, 6.07) is 0. The van der Waals surface area contributed by atoms with Gasteiger partial charge in [0.25, 0.3) is 5.56 Å². The monoisotopic (exact) mass is 212 g/mol. The maximum atomic E-state index is 11.3. The summed E-state index contributed by atoms with van der Waals surface area (Å²) in [4.78, 5) is 12.4. The predicted molar refractivity (Wildman–Crippen MR) is 60.0 cm³/mol. The van der Waals surface area contributed by atoms with Gasteiger partial charge in [-0.25, -0.2) is 5.10 Å². The number of thioether (sulfide) groups is 1. The van der Waals surface area contributed by atoms with Crippen LogP contribution in [0.15, 0.2) is 9.69 Å². The highest BCUT2D eigenvalue weighted by Crippen LogP contribution is 2.28. The van der Waals surface area contributed by atoms with Gasteiger partial charge in [-0.1, -0.05) is 13.8 Å². The Labute approximate surface area is 88.3 Å². The molecular weight excluding hydrogens is 196 g/mol. The second kappa shape index (κ2) is 5.20. The van der Waals surface area contributed by atoms with Crippen molar-refractivity contribution >= 4 is 11.8 Å². The van der Waals surface area contributed by atoms with Crippen LogP contribution in [0.2, 0.25) is 0 Å². The summed E-state index contributed by atoms with van der Waals surface area (Å²) < 4.78 is 0. The molecule has 1 aliphatic rings. The SMILES string of the molecule is CC.Cc1n[nH]c(=O)c2c1SCCC2. The van der Waals surface area contributed by atoms with E-state index in [0.29, 0.717) is 0 Å². The molecule has 0 saturated heterocycles. The molecule has 4 heteroatoms. The molecule has 1 N–H and O–H groups in total. The summed E-state index contributed by atoms with van der Waals surface area (Å²) in [5.74, 6) is 1.11. The van der Waals surface area contributed by atoms with E-state index >= 15 is 0 Å². The van der Waals surface area contributed by atoms with E-state index in [0.717, 1.165) is 34.7 Å². The Morgan fingerprint density at radius 2 is 2.14 bits per heavy atom. The molecule has 1 aromatic rings. The molecular formula is C10H16N2OS. The Balaban J connectivity index is 0.000000461. The van der Waals surface area contributed by atoms with E-state index in [9.17, 15) is 4.79 Å². The minimum atomic E-state index is -0.0113. The van der Waals surface area contributed by atoms with E-state index < -0.39 is 0 Å². The number of aromatic nitrogens is 2. The van der Waals surface area contributed by atoms with Crippen LogP contribution in [0.5, 0.6) is 0 Å². The highest BCUT2D eigenvalue weighted by atomic mass is 32.2. The fourth-order valence-electron chi connectivity index (χ4n) is 1.42. The van der Waals surface area contributed by atoms with E-state index in [2.05, 4.69) is 10.2 Å². The lowest BCUT2D eigenvalue weighted by Crippen LogP contribution is -2.19. The summed E-state index contributed by atoms with van der Waals surface area (Å²) in [5.41, 5.74) is 1.87. The molecule has 0 spiro atoms. The smallest absolute Gasteiger partial charge is 0.268 e. The third-order valence-corrected chi connectivity index (χ3v) is 3.34. The Kier molecular flexibility index (Phi) is 4.20. The molecule has 0 atom stereocenters. The molecule has 0 radical (unpaired) electrons. The van der Waals surface area contributed by atoms with Crippen molar-refractivity contribution in [3.05, 3.63) is 21.6 Å². The normalized spacial score (nSPS) is 13.9. The van der Waals surface area contributed by atoms with Gasteiger partial charge in [0.05, 0.1) is 5.69 Å². The minimum Gasteiger partial charge on any atom is -0.268 e. The molecule has 0 saturated carbocycles. The Morgan fingerprint density at radius 1 is 1.43 bits per heavy atom. The first-order valence-electron chi connectivity index (χ1n) is 5.00. The molecule has 1 aromatic heterocycles. The standard InChI is InChI=1S/C8H10N2OS.C2H6/c1-5-7-6(3-2-4-12-7)8(11)10-9-5;1-2/h2-4H2,1H3,(H,10,11);1-2H3. The maximum Gasteiger partial charge on any atom is 0.268 e. The molecule has 0 aromatic carbocycles. The molecule has 2 heterocycles. The van der Waals surface area contributed by atoms with Gasteiger partial charge in [0.15, 0.2) is 0 Å². The first-order chi connectivity index (χ1) is 6.79. The lowest BCUT2D eigenvalue weighted by atomic mass is 10.1. The largest absolute Gasteiger partial charge is 0.268 e. The van der Waals surface area contributed by atoms with E-state index in [-0.39, 0.29) is 5.56 Å². The Morgan fingerprint density at radius 3 is 2.79 bits per heavy atom. The third-order valence-electron chi connectivity index (χ3n) is 2.02. The van der Waals surface area contributed by atoms with Gasteiger partial charge in [-0.15, -0.1) is 11.8 Å². The van der Waals surface area contributed by atoms with Crippen molar-refractivity contribution < 1.29 is 0 Å². The van der Waals surface area contributed by atoms with Gasteiger partial charge in [-0.3, -0.25) is 4.79 Å². The molecule has 0 unspecified atom stereocenters. The molecule has 0 aliphatic carbocycles. The van der Waals surface area contributed by atoms with Gasteiger partial charge >= 0.3 is 0 Å². The third kappa shape index (κ3) is 2.18. The summed E-state index contributed by atoms with van der Waals surface area (Å²) in [6.07, 6.45) is 2.01. The first-order valence-corrected chi connectivity index (χ1v) is 5.98. The molecule has 3 nitrogen and oxygen atoms in total. The van der Waals surface area contributed by atoms with Crippen LogP contribution in [-0.4, -0.2) is 16.0 Å². The summed E-state index contributed by atoms with van der Waals surface area (Å²) in [5, 5.41) is 6.44. The second-order valence-electron chi connectivity index (χ2n) is 2.90. The molecule has 78 valence electrons. The van der Waals surface area contributed by atoms with Crippen LogP contribution in [0, 0.1) is 6.92 Å². The van der Waals surface area contributed by atoms with E-state index in [1.165, 1.54) is 0 Å². The second-order valence-corrected chi connectivity index (χ2v) is 4.00. The zero-order valence-corrected chi connectivity index (χ0v) is 9.70. The highest BCUT2D eigenvalue weighted by molar-refractivity contribution is 7.99. The fourth-order valence-corrected chi connectivity index (χ4v) is 2.53. The lowest BCUT2D eigenvalue weighted by Gasteiger charge is -2.14. The summed E-state index contributed by atoms with van der Waals surface area (Å²) in [6.45, 7) is 5.94. The van der Waals surface area contributed by atoms with Gasteiger partial charge in [-0.2, -0.15) is 5.10 Å². The van der Waals surface area contributed by atoms with Crippen molar-refractivity contribution in [1.82, 2.24) is 10.2 Å². The Bertz CT molecular complexity index is 360. The first kappa shape index (κ1) is 11.3. The van der Waals surface area contributed by atoms with Crippen LogP contribution < -0.4 is 5.56 Å². The van der Waals surface area contributed by atoms with Crippen LogP contribution >= 0.6 is 11.8 Å².